The highest BCUT2D eigenvalue weighted by Gasteiger charge is 2.08. The Morgan fingerprint density at radius 1 is 1.50 bits per heavy atom. The van der Waals surface area contributed by atoms with Crippen LogP contribution >= 0.6 is 15.9 Å². The molecule has 2 rings (SSSR count). The molecule has 1 aromatic heterocycles. The molecule has 2 aromatic rings. The largest absolute Gasteiger partial charge is 0.355 e. The SMILES string of the molecule is FCc1noc2c(Br)cccc12. The predicted molar refractivity (Wildman–Crippen MR) is 46.5 cm³/mol. The molecule has 0 atom stereocenters. The molecule has 0 aliphatic rings. The average Bonchev–Trinajstić information content (AvgIpc) is 2.49. The molecule has 0 amide bonds. The highest BCUT2D eigenvalue weighted by molar-refractivity contribution is 9.10. The van der Waals surface area contributed by atoms with Crippen LogP contribution in [-0.2, 0) is 6.67 Å². The minimum atomic E-state index is -0.594. The number of hydrogen-bond donors (Lipinski definition) is 0. The lowest BCUT2D eigenvalue weighted by molar-refractivity contribution is 0.409. The number of nitrogens with zero attached hydrogens (tertiary/aromatic N) is 1. The van der Waals surface area contributed by atoms with Gasteiger partial charge in [-0.3, -0.25) is 0 Å². The first-order valence-corrected chi connectivity index (χ1v) is 4.21. The smallest absolute Gasteiger partial charge is 0.181 e. The minimum absolute atomic E-state index is 0.353. The second kappa shape index (κ2) is 2.86. The van der Waals surface area contributed by atoms with E-state index in [1.165, 1.54) is 0 Å². The summed E-state index contributed by atoms with van der Waals surface area (Å²) < 4.78 is 18.0. The molecule has 0 unspecified atom stereocenters. The molecule has 0 fully saturated rings. The maximum absolute atomic E-state index is 12.3. The van der Waals surface area contributed by atoms with Gasteiger partial charge in [0.15, 0.2) is 5.58 Å². The number of hydrogen-bond acceptors (Lipinski definition) is 2. The summed E-state index contributed by atoms with van der Waals surface area (Å²) in [4.78, 5) is 0. The van der Waals surface area contributed by atoms with Crippen molar-refractivity contribution in [3.63, 3.8) is 0 Å². The van der Waals surface area contributed by atoms with E-state index in [2.05, 4.69) is 21.1 Å². The van der Waals surface area contributed by atoms with E-state index in [1.807, 2.05) is 12.1 Å². The summed E-state index contributed by atoms with van der Waals surface area (Å²) in [7, 11) is 0. The third-order valence-corrected chi connectivity index (χ3v) is 2.28. The van der Waals surface area contributed by atoms with Crippen LogP contribution in [0.2, 0.25) is 0 Å². The number of para-hydroxylation sites is 1. The van der Waals surface area contributed by atoms with Crippen LogP contribution in [-0.4, -0.2) is 5.16 Å². The molecule has 4 heteroatoms. The van der Waals surface area contributed by atoms with Crippen LogP contribution in [0, 0.1) is 0 Å². The third kappa shape index (κ3) is 1.03. The average molecular weight is 230 g/mol. The predicted octanol–water partition coefficient (Wildman–Crippen LogP) is 3.06. The lowest BCUT2D eigenvalue weighted by Gasteiger charge is -1.89. The molecule has 0 N–H and O–H groups in total. The van der Waals surface area contributed by atoms with Gasteiger partial charge in [0.2, 0.25) is 0 Å². The molecule has 0 spiro atoms. The zero-order valence-electron chi connectivity index (χ0n) is 6.05. The van der Waals surface area contributed by atoms with Crippen molar-refractivity contribution < 1.29 is 8.91 Å². The molecule has 62 valence electrons. The number of aromatic nitrogens is 1. The number of rotatable bonds is 1. The Morgan fingerprint density at radius 3 is 3.08 bits per heavy atom. The molecule has 0 saturated heterocycles. The van der Waals surface area contributed by atoms with Gasteiger partial charge in [-0.1, -0.05) is 11.2 Å². The van der Waals surface area contributed by atoms with E-state index in [0.717, 1.165) is 9.86 Å². The molecule has 1 heterocycles. The lowest BCUT2D eigenvalue weighted by Crippen LogP contribution is -1.76. The third-order valence-electron chi connectivity index (χ3n) is 1.65. The van der Waals surface area contributed by atoms with Crippen molar-refractivity contribution in [3.8, 4) is 0 Å². The van der Waals surface area contributed by atoms with E-state index in [4.69, 9.17) is 4.52 Å². The fourth-order valence-corrected chi connectivity index (χ4v) is 1.51. The summed E-state index contributed by atoms with van der Waals surface area (Å²) in [6, 6.07) is 5.43. The van der Waals surface area contributed by atoms with Crippen LogP contribution < -0.4 is 0 Å². The molecule has 0 aliphatic carbocycles. The fraction of sp³-hybridized carbons (Fsp3) is 0.125. The van der Waals surface area contributed by atoms with Crippen molar-refractivity contribution in [3.05, 3.63) is 28.4 Å². The topological polar surface area (TPSA) is 26.0 Å². The number of alkyl halides is 1. The van der Waals surface area contributed by atoms with Gasteiger partial charge in [0.1, 0.15) is 12.4 Å². The van der Waals surface area contributed by atoms with Crippen molar-refractivity contribution in [1.29, 1.82) is 0 Å². The van der Waals surface area contributed by atoms with E-state index in [1.54, 1.807) is 6.07 Å². The highest BCUT2D eigenvalue weighted by Crippen LogP contribution is 2.26. The van der Waals surface area contributed by atoms with Crippen molar-refractivity contribution in [1.82, 2.24) is 5.16 Å². The van der Waals surface area contributed by atoms with Crippen LogP contribution in [0.15, 0.2) is 27.2 Å². The van der Waals surface area contributed by atoms with Crippen LogP contribution in [0.4, 0.5) is 4.39 Å². The van der Waals surface area contributed by atoms with Gasteiger partial charge in [0.25, 0.3) is 0 Å². The van der Waals surface area contributed by atoms with Crippen LogP contribution in [0.25, 0.3) is 11.0 Å². The minimum Gasteiger partial charge on any atom is -0.355 e. The Kier molecular flexibility index (Phi) is 1.84. The second-order valence-corrected chi connectivity index (χ2v) is 3.23. The molecule has 0 aliphatic heterocycles. The normalized spacial score (nSPS) is 10.8. The number of halogens is 2. The zero-order valence-corrected chi connectivity index (χ0v) is 7.64. The van der Waals surface area contributed by atoms with Crippen molar-refractivity contribution in [2.24, 2.45) is 0 Å². The Morgan fingerprint density at radius 2 is 2.33 bits per heavy atom. The first-order chi connectivity index (χ1) is 5.83. The van der Waals surface area contributed by atoms with E-state index in [-0.39, 0.29) is 0 Å². The molecule has 0 saturated carbocycles. The van der Waals surface area contributed by atoms with Gasteiger partial charge in [-0.05, 0) is 28.1 Å². The van der Waals surface area contributed by atoms with Gasteiger partial charge < -0.3 is 4.52 Å². The summed E-state index contributed by atoms with van der Waals surface area (Å²) in [5.74, 6) is 0. The van der Waals surface area contributed by atoms with Crippen molar-refractivity contribution in [2.45, 2.75) is 6.67 Å². The fourth-order valence-electron chi connectivity index (χ4n) is 1.08. The van der Waals surface area contributed by atoms with E-state index in [0.29, 0.717) is 11.3 Å². The van der Waals surface area contributed by atoms with Gasteiger partial charge in [-0.25, -0.2) is 4.39 Å². The Balaban J connectivity index is 2.80. The summed E-state index contributed by atoms with van der Waals surface area (Å²) in [6.07, 6.45) is 0. The van der Waals surface area contributed by atoms with Gasteiger partial charge >= 0.3 is 0 Å². The second-order valence-electron chi connectivity index (χ2n) is 2.38. The lowest BCUT2D eigenvalue weighted by atomic mass is 10.2. The maximum atomic E-state index is 12.3. The summed E-state index contributed by atoms with van der Waals surface area (Å²) in [5, 5.41) is 4.32. The first-order valence-electron chi connectivity index (χ1n) is 3.41. The maximum Gasteiger partial charge on any atom is 0.181 e. The van der Waals surface area contributed by atoms with E-state index in [9.17, 15) is 4.39 Å². The molecule has 12 heavy (non-hydrogen) atoms. The number of fused-ring (bicyclic) bond motifs is 1. The molecule has 1 aromatic carbocycles. The zero-order chi connectivity index (χ0) is 8.55. The molecular weight excluding hydrogens is 225 g/mol. The number of benzene rings is 1. The standard InChI is InChI=1S/C8H5BrFNO/c9-6-3-1-2-5-7(4-10)11-12-8(5)6/h1-3H,4H2. The first kappa shape index (κ1) is 7.73. The van der Waals surface area contributed by atoms with Crippen molar-refractivity contribution >= 4 is 26.9 Å². The Bertz CT molecular complexity index is 412. The molecule has 0 bridgehead atoms. The summed E-state index contributed by atoms with van der Waals surface area (Å²) in [5.41, 5.74) is 0.955. The van der Waals surface area contributed by atoms with Crippen LogP contribution in [0.3, 0.4) is 0 Å². The van der Waals surface area contributed by atoms with Crippen LogP contribution in [0.1, 0.15) is 5.69 Å². The Hall–Kier alpha value is -0.900. The molecule has 2 nitrogen and oxygen atoms in total. The van der Waals surface area contributed by atoms with E-state index < -0.39 is 6.67 Å². The van der Waals surface area contributed by atoms with Crippen LogP contribution in [0.5, 0.6) is 0 Å². The quantitative estimate of drug-likeness (QED) is 0.752. The molecular formula is C8H5BrFNO. The highest BCUT2D eigenvalue weighted by atomic mass is 79.9. The molecule has 0 radical (unpaired) electrons. The van der Waals surface area contributed by atoms with Crippen molar-refractivity contribution in [2.75, 3.05) is 0 Å². The van der Waals surface area contributed by atoms with E-state index >= 15 is 0 Å². The van der Waals surface area contributed by atoms with Gasteiger partial charge in [0.05, 0.1) is 4.47 Å². The summed E-state index contributed by atoms with van der Waals surface area (Å²) >= 11 is 3.28. The van der Waals surface area contributed by atoms with Gasteiger partial charge in [-0.15, -0.1) is 0 Å². The van der Waals surface area contributed by atoms with Gasteiger partial charge in [0, 0.05) is 5.39 Å². The summed E-state index contributed by atoms with van der Waals surface area (Å²) in [6.45, 7) is -0.594. The van der Waals surface area contributed by atoms with Gasteiger partial charge in [-0.2, -0.15) is 0 Å². The Labute approximate surface area is 76.5 Å². The monoisotopic (exact) mass is 229 g/mol.